The van der Waals surface area contributed by atoms with Crippen molar-refractivity contribution in [2.45, 2.75) is 56.9 Å². The third kappa shape index (κ3) is 2.54. The molecule has 1 saturated carbocycles. The number of rotatable bonds is 3. The molecule has 114 valence electrons. The molecule has 0 atom stereocenters. The van der Waals surface area contributed by atoms with Crippen LogP contribution in [-0.2, 0) is 4.79 Å². The molecule has 0 bridgehead atoms. The molecule has 5 nitrogen and oxygen atoms in total. The maximum absolute atomic E-state index is 11.8. The van der Waals surface area contributed by atoms with Crippen LogP contribution in [0.3, 0.4) is 0 Å². The first-order valence-electron chi connectivity index (χ1n) is 8.19. The monoisotopic (exact) mass is 306 g/mol. The molecule has 3 fully saturated rings. The first-order valence-corrected chi connectivity index (χ1v) is 8.96. The molecule has 21 heavy (non-hydrogen) atoms. The van der Waals surface area contributed by atoms with Crippen LogP contribution in [0.2, 0.25) is 0 Å². The Labute approximate surface area is 129 Å². The number of piperidine rings is 1. The van der Waals surface area contributed by atoms with Gasteiger partial charge in [0.1, 0.15) is 5.82 Å². The fraction of sp³-hybridized carbons (Fsp3) is 0.800. The van der Waals surface area contributed by atoms with E-state index in [1.54, 1.807) is 11.5 Å². The Morgan fingerprint density at radius 2 is 1.86 bits per heavy atom. The topological polar surface area (TPSA) is 49.3 Å². The maximum atomic E-state index is 11.8. The van der Waals surface area contributed by atoms with Crippen LogP contribution in [0.15, 0.2) is 0 Å². The largest absolute Gasteiger partial charge is 0.347 e. The predicted octanol–water partition coefficient (Wildman–Crippen LogP) is 2.40. The molecule has 1 aliphatic carbocycles. The van der Waals surface area contributed by atoms with Crippen LogP contribution >= 0.6 is 11.5 Å². The highest BCUT2D eigenvalue weighted by Gasteiger charge is 2.32. The SMILES string of the molecule is O=C1CCCN1C1CCN(c2nc(C3CCC3)ns2)CC1. The molecule has 0 N–H and O–H groups in total. The van der Waals surface area contributed by atoms with Crippen LogP contribution in [-0.4, -0.2) is 45.8 Å². The zero-order valence-electron chi connectivity index (χ0n) is 12.3. The van der Waals surface area contributed by atoms with E-state index in [0.717, 1.165) is 56.3 Å². The summed E-state index contributed by atoms with van der Waals surface area (Å²) in [6.45, 7) is 2.98. The Hall–Kier alpha value is -1.17. The highest BCUT2D eigenvalue weighted by molar-refractivity contribution is 7.09. The van der Waals surface area contributed by atoms with Crippen LogP contribution in [0.1, 0.15) is 56.7 Å². The van der Waals surface area contributed by atoms with Gasteiger partial charge in [0.2, 0.25) is 11.0 Å². The van der Waals surface area contributed by atoms with E-state index in [-0.39, 0.29) is 0 Å². The first-order chi connectivity index (χ1) is 10.3. The summed E-state index contributed by atoms with van der Waals surface area (Å²) >= 11 is 1.55. The van der Waals surface area contributed by atoms with Gasteiger partial charge in [0.15, 0.2) is 0 Å². The minimum absolute atomic E-state index is 0.358. The summed E-state index contributed by atoms with van der Waals surface area (Å²) in [6, 6.07) is 0.454. The van der Waals surface area contributed by atoms with E-state index in [0.29, 0.717) is 17.9 Å². The standard InChI is InChI=1S/C15H22N4OS/c20-13-5-2-8-19(13)12-6-9-18(10-7-12)15-16-14(17-21-15)11-3-1-4-11/h11-12H,1-10H2. The number of amides is 1. The fourth-order valence-electron chi connectivity index (χ4n) is 3.61. The summed E-state index contributed by atoms with van der Waals surface area (Å²) in [5, 5.41) is 1.09. The minimum Gasteiger partial charge on any atom is -0.347 e. The van der Waals surface area contributed by atoms with Crippen molar-refractivity contribution in [3.05, 3.63) is 5.82 Å². The van der Waals surface area contributed by atoms with Crippen molar-refractivity contribution in [3.63, 3.8) is 0 Å². The number of aromatic nitrogens is 2. The fourth-order valence-corrected chi connectivity index (χ4v) is 4.41. The van der Waals surface area contributed by atoms with Crippen LogP contribution in [0.25, 0.3) is 0 Å². The van der Waals surface area contributed by atoms with E-state index in [1.165, 1.54) is 19.3 Å². The van der Waals surface area contributed by atoms with Crippen LogP contribution in [0.4, 0.5) is 5.13 Å². The van der Waals surface area contributed by atoms with Gasteiger partial charge in [-0.25, -0.2) is 4.98 Å². The van der Waals surface area contributed by atoms with Gasteiger partial charge in [-0.15, -0.1) is 0 Å². The summed E-state index contributed by atoms with van der Waals surface area (Å²) in [5.74, 6) is 2.05. The summed E-state index contributed by atoms with van der Waals surface area (Å²) in [7, 11) is 0. The van der Waals surface area contributed by atoms with Crippen molar-refractivity contribution in [1.82, 2.24) is 14.3 Å². The molecule has 3 aliphatic rings. The van der Waals surface area contributed by atoms with Gasteiger partial charge >= 0.3 is 0 Å². The lowest BCUT2D eigenvalue weighted by Gasteiger charge is -2.36. The van der Waals surface area contributed by atoms with Crippen molar-refractivity contribution < 1.29 is 4.79 Å². The van der Waals surface area contributed by atoms with Gasteiger partial charge in [0, 0.05) is 49.5 Å². The second-order valence-corrected chi connectivity index (χ2v) is 7.20. The molecule has 0 unspecified atom stereocenters. The zero-order valence-corrected chi connectivity index (χ0v) is 13.1. The number of carbonyl (C=O) groups is 1. The van der Waals surface area contributed by atoms with E-state index in [9.17, 15) is 4.79 Å². The summed E-state index contributed by atoms with van der Waals surface area (Å²) < 4.78 is 4.55. The zero-order chi connectivity index (χ0) is 14.2. The molecule has 0 spiro atoms. The van der Waals surface area contributed by atoms with E-state index in [4.69, 9.17) is 4.98 Å². The minimum atomic E-state index is 0.358. The molecule has 1 amide bonds. The number of likely N-dealkylation sites (tertiary alicyclic amines) is 1. The normalized spacial score (nSPS) is 24.7. The Morgan fingerprint density at radius 3 is 2.48 bits per heavy atom. The van der Waals surface area contributed by atoms with Crippen molar-refractivity contribution in [1.29, 1.82) is 0 Å². The lowest BCUT2D eigenvalue weighted by atomic mass is 9.85. The Balaban J connectivity index is 1.36. The highest BCUT2D eigenvalue weighted by atomic mass is 32.1. The van der Waals surface area contributed by atoms with Gasteiger partial charge in [-0.3, -0.25) is 4.79 Å². The molecule has 0 radical (unpaired) electrons. The number of anilines is 1. The van der Waals surface area contributed by atoms with Crippen molar-refractivity contribution in [2.24, 2.45) is 0 Å². The maximum Gasteiger partial charge on any atom is 0.222 e. The van der Waals surface area contributed by atoms with Crippen LogP contribution in [0.5, 0.6) is 0 Å². The van der Waals surface area contributed by atoms with E-state index in [1.807, 2.05) is 0 Å². The Bertz CT molecular complexity index is 519. The summed E-state index contributed by atoms with van der Waals surface area (Å²) in [5.41, 5.74) is 0. The molecule has 1 aromatic heterocycles. The predicted molar refractivity (Wildman–Crippen MR) is 82.7 cm³/mol. The van der Waals surface area contributed by atoms with Crippen molar-refractivity contribution >= 4 is 22.6 Å². The lowest BCUT2D eigenvalue weighted by molar-refractivity contribution is -0.130. The Morgan fingerprint density at radius 1 is 1.05 bits per heavy atom. The van der Waals surface area contributed by atoms with E-state index < -0.39 is 0 Å². The van der Waals surface area contributed by atoms with E-state index >= 15 is 0 Å². The lowest BCUT2D eigenvalue weighted by Crippen LogP contribution is -2.45. The third-order valence-corrected chi connectivity index (χ3v) is 5.98. The highest BCUT2D eigenvalue weighted by Crippen LogP contribution is 2.36. The average Bonchev–Trinajstić information content (AvgIpc) is 3.07. The molecule has 1 aromatic rings. The summed E-state index contributed by atoms with van der Waals surface area (Å²) in [6.07, 6.45) is 7.79. The van der Waals surface area contributed by atoms with Gasteiger partial charge in [-0.2, -0.15) is 4.37 Å². The van der Waals surface area contributed by atoms with Gasteiger partial charge in [0.25, 0.3) is 0 Å². The van der Waals surface area contributed by atoms with Gasteiger partial charge in [-0.1, -0.05) is 6.42 Å². The van der Waals surface area contributed by atoms with Crippen LogP contribution < -0.4 is 4.90 Å². The quantitative estimate of drug-likeness (QED) is 0.860. The molecule has 2 saturated heterocycles. The number of hydrogen-bond acceptors (Lipinski definition) is 5. The van der Waals surface area contributed by atoms with Crippen molar-refractivity contribution in [2.75, 3.05) is 24.5 Å². The molecular formula is C15H22N4OS. The number of nitrogens with zero attached hydrogens (tertiary/aromatic N) is 4. The molecule has 3 heterocycles. The Kier molecular flexibility index (Phi) is 3.57. The van der Waals surface area contributed by atoms with E-state index in [2.05, 4.69) is 14.2 Å². The number of hydrogen-bond donors (Lipinski definition) is 0. The summed E-state index contributed by atoms with van der Waals surface area (Å²) in [4.78, 5) is 21.0. The molecule has 0 aromatic carbocycles. The van der Waals surface area contributed by atoms with Crippen LogP contribution in [0, 0.1) is 0 Å². The smallest absolute Gasteiger partial charge is 0.222 e. The number of carbonyl (C=O) groups excluding carboxylic acids is 1. The van der Waals surface area contributed by atoms with Gasteiger partial charge in [-0.05, 0) is 32.1 Å². The second kappa shape index (κ2) is 5.55. The molecular weight excluding hydrogens is 284 g/mol. The van der Waals surface area contributed by atoms with Crippen molar-refractivity contribution in [3.8, 4) is 0 Å². The third-order valence-electron chi connectivity index (χ3n) is 5.19. The van der Waals surface area contributed by atoms with Gasteiger partial charge in [0.05, 0.1) is 0 Å². The molecule has 6 heteroatoms. The average molecular weight is 306 g/mol. The molecule has 2 aliphatic heterocycles. The first kappa shape index (κ1) is 13.5. The second-order valence-electron chi connectivity index (χ2n) is 6.47. The molecule has 4 rings (SSSR count). The van der Waals surface area contributed by atoms with Gasteiger partial charge < -0.3 is 9.80 Å².